The quantitative estimate of drug-likeness (QED) is 0.905. The van der Waals surface area contributed by atoms with E-state index in [-0.39, 0.29) is 0 Å². The molecule has 2 aromatic heterocycles. The van der Waals surface area contributed by atoms with Crippen LogP contribution < -0.4 is 5.32 Å². The van der Waals surface area contributed by atoms with Gasteiger partial charge in [-0.3, -0.25) is 9.97 Å². The highest BCUT2D eigenvalue weighted by molar-refractivity contribution is 5.33. The van der Waals surface area contributed by atoms with E-state index in [2.05, 4.69) is 48.2 Å². The third kappa shape index (κ3) is 3.64. The molecule has 20 heavy (non-hydrogen) atoms. The Kier molecular flexibility index (Phi) is 4.85. The number of nitrogens with one attached hydrogen (secondary N) is 1. The highest BCUT2D eigenvalue weighted by Gasteiger charge is 2.12. The van der Waals surface area contributed by atoms with Gasteiger partial charge in [0.05, 0.1) is 0 Å². The molecule has 3 nitrogen and oxygen atoms in total. The molecule has 0 saturated carbocycles. The molecule has 0 spiro atoms. The molecule has 0 amide bonds. The fraction of sp³-hybridized carbons (Fsp3) is 0.412. The van der Waals surface area contributed by atoms with Gasteiger partial charge in [-0.25, -0.2) is 0 Å². The minimum Gasteiger partial charge on any atom is -0.310 e. The molecule has 106 valence electrons. The van der Waals surface area contributed by atoms with Crippen LogP contribution in [0, 0.1) is 20.8 Å². The van der Waals surface area contributed by atoms with Crippen LogP contribution in [0.5, 0.6) is 0 Å². The summed E-state index contributed by atoms with van der Waals surface area (Å²) in [5, 5.41) is 3.58. The van der Waals surface area contributed by atoms with Crippen molar-refractivity contribution in [2.45, 2.75) is 40.2 Å². The van der Waals surface area contributed by atoms with Gasteiger partial charge in [-0.2, -0.15) is 0 Å². The molecule has 1 unspecified atom stereocenters. The maximum atomic E-state index is 4.57. The van der Waals surface area contributed by atoms with Gasteiger partial charge in [0, 0.05) is 29.8 Å². The smallest absolute Gasteiger partial charge is 0.0426 e. The van der Waals surface area contributed by atoms with E-state index in [0.717, 1.165) is 24.4 Å². The van der Waals surface area contributed by atoms with E-state index in [1.165, 1.54) is 16.7 Å². The molecular formula is C17H23N3. The Hall–Kier alpha value is -1.74. The summed E-state index contributed by atoms with van der Waals surface area (Å²) in [4.78, 5) is 8.71. The van der Waals surface area contributed by atoms with Gasteiger partial charge in [0.1, 0.15) is 0 Å². The van der Waals surface area contributed by atoms with E-state index < -0.39 is 0 Å². The highest BCUT2D eigenvalue weighted by Crippen LogP contribution is 2.21. The van der Waals surface area contributed by atoms with Crippen molar-refractivity contribution in [3.8, 4) is 0 Å². The second-order valence-corrected chi connectivity index (χ2v) is 5.37. The summed E-state index contributed by atoms with van der Waals surface area (Å²) in [7, 11) is 0. The molecule has 3 heteroatoms. The predicted molar refractivity (Wildman–Crippen MR) is 82.8 cm³/mol. The molecular weight excluding hydrogens is 246 g/mol. The lowest BCUT2D eigenvalue weighted by atomic mass is 10.0. The Bertz CT molecular complexity index is 541. The van der Waals surface area contributed by atoms with E-state index in [0.29, 0.717) is 6.04 Å². The second-order valence-electron chi connectivity index (χ2n) is 5.37. The van der Waals surface area contributed by atoms with Gasteiger partial charge in [0.2, 0.25) is 0 Å². The number of rotatable bonds is 5. The van der Waals surface area contributed by atoms with Crippen molar-refractivity contribution >= 4 is 0 Å². The normalized spacial score (nSPS) is 12.4. The minimum absolute atomic E-state index is 0.319. The van der Waals surface area contributed by atoms with Crippen molar-refractivity contribution in [3.05, 3.63) is 58.7 Å². The first kappa shape index (κ1) is 14.7. The fourth-order valence-corrected chi connectivity index (χ4v) is 2.77. The lowest BCUT2D eigenvalue weighted by molar-refractivity contribution is 0.569. The maximum Gasteiger partial charge on any atom is 0.0426 e. The average molecular weight is 269 g/mol. The zero-order valence-electron chi connectivity index (χ0n) is 12.8. The molecule has 0 fully saturated rings. The zero-order valence-corrected chi connectivity index (χ0v) is 12.8. The molecule has 2 heterocycles. The van der Waals surface area contributed by atoms with Gasteiger partial charge < -0.3 is 5.32 Å². The standard InChI is InChI=1S/C17H23N3/c1-12-10-13(2)20-15(4)17(12)14(3)19-9-7-16-6-5-8-18-11-16/h5-6,8,10-11,14,19H,7,9H2,1-4H3. The molecule has 0 aliphatic rings. The first-order valence-corrected chi connectivity index (χ1v) is 7.15. The van der Waals surface area contributed by atoms with Crippen LogP contribution >= 0.6 is 0 Å². The van der Waals surface area contributed by atoms with Gasteiger partial charge >= 0.3 is 0 Å². The third-order valence-electron chi connectivity index (χ3n) is 3.60. The monoisotopic (exact) mass is 269 g/mol. The summed E-state index contributed by atoms with van der Waals surface area (Å²) in [5.41, 5.74) is 6.12. The predicted octanol–water partition coefficient (Wildman–Crippen LogP) is 3.30. The lowest BCUT2D eigenvalue weighted by Crippen LogP contribution is -2.23. The Morgan fingerprint density at radius 3 is 2.70 bits per heavy atom. The van der Waals surface area contributed by atoms with Gasteiger partial charge in [0.15, 0.2) is 0 Å². The fourth-order valence-electron chi connectivity index (χ4n) is 2.77. The van der Waals surface area contributed by atoms with Crippen LogP contribution in [0.2, 0.25) is 0 Å². The maximum absolute atomic E-state index is 4.57. The van der Waals surface area contributed by atoms with Crippen LogP contribution in [-0.2, 0) is 6.42 Å². The molecule has 0 saturated heterocycles. The van der Waals surface area contributed by atoms with Gasteiger partial charge in [-0.05, 0) is 69.5 Å². The molecule has 0 bridgehead atoms. The van der Waals surface area contributed by atoms with E-state index >= 15 is 0 Å². The molecule has 2 rings (SSSR count). The highest BCUT2D eigenvalue weighted by atomic mass is 14.9. The SMILES string of the molecule is Cc1cc(C)c(C(C)NCCc2cccnc2)c(C)n1. The van der Waals surface area contributed by atoms with Gasteiger partial charge in [-0.15, -0.1) is 0 Å². The molecule has 1 atom stereocenters. The van der Waals surface area contributed by atoms with E-state index in [1.54, 1.807) is 0 Å². The van der Waals surface area contributed by atoms with Crippen molar-refractivity contribution in [2.24, 2.45) is 0 Å². The number of aryl methyl sites for hydroxylation is 3. The molecule has 0 aromatic carbocycles. The van der Waals surface area contributed by atoms with Crippen molar-refractivity contribution in [3.63, 3.8) is 0 Å². The summed E-state index contributed by atoms with van der Waals surface area (Å²) in [6, 6.07) is 6.57. The van der Waals surface area contributed by atoms with E-state index in [1.807, 2.05) is 25.4 Å². The summed E-state index contributed by atoms with van der Waals surface area (Å²) in [5.74, 6) is 0. The molecule has 2 aromatic rings. The largest absolute Gasteiger partial charge is 0.310 e. The Labute approximate surface area is 121 Å². The zero-order chi connectivity index (χ0) is 14.5. The third-order valence-corrected chi connectivity index (χ3v) is 3.60. The van der Waals surface area contributed by atoms with Crippen LogP contribution in [0.25, 0.3) is 0 Å². The van der Waals surface area contributed by atoms with Crippen molar-refractivity contribution in [1.29, 1.82) is 0 Å². The first-order valence-electron chi connectivity index (χ1n) is 7.15. The van der Waals surface area contributed by atoms with Crippen LogP contribution in [-0.4, -0.2) is 16.5 Å². The van der Waals surface area contributed by atoms with Crippen molar-refractivity contribution in [2.75, 3.05) is 6.54 Å². The summed E-state index contributed by atoms with van der Waals surface area (Å²) in [6.45, 7) is 9.45. The Morgan fingerprint density at radius 1 is 1.25 bits per heavy atom. The number of hydrogen-bond donors (Lipinski definition) is 1. The van der Waals surface area contributed by atoms with Crippen LogP contribution in [0.3, 0.4) is 0 Å². The molecule has 1 N–H and O–H groups in total. The topological polar surface area (TPSA) is 37.8 Å². The number of pyridine rings is 2. The molecule has 0 aliphatic carbocycles. The van der Waals surface area contributed by atoms with E-state index in [9.17, 15) is 0 Å². The number of nitrogens with zero attached hydrogens (tertiary/aromatic N) is 2. The average Bonchev–Trinajstić information content (AvgIpc) is 2.38. The Balaban J connectivity index is 1.97. The molecule has 0 aliphatic heterocycles. The van der Waals surface area contributed by atoms with Crippen LogP contribution in [0.4, 0.5) is 0 Å². The lowest BCUT2D eigenvalue weighted by Gasteiger charge is -2.19. The summed E-state index contributed by atoms with van der Waals surface area (Å²) in [6.07, 6.45) is 4.73. The van der Waals surface area contributed by atoms with Crippen molar-refractivity contribution < 1.29 is 0 Å². The van der Waals surface area contributed by atoms with Gasteiger partial charge in [-0.1, -0.05) is 6.07 Å². The second kappa shape index (κ2) is 6.62. The first-order chi connectivity index (χ1) is 9.58. The van der Waals surface area contributed by atoms with E-state index in [4.69, 9.17) is 0 Å². The number of hydrogen-bond acceptors (Lipinski definition) is 3. The van der Waals surface area contributed by atoms with Crippen LogP contribution in [0.15, 0.2) is 30.6 Å². The molecule has 0 radical (unpaired) electrons. The number of aromatic nitrogens is 2. The van der Waals surface area contributed by atoms with Gasteiger partial charge in [0.25, 0.3) is 0 Å². The summed E-state index contributed by atoms with van der Waals surface area (Å²) < 4.78 is 0. The minimum atomic E-state index is 0.319. The Morgan fingerprint density at radius 2 is 2.05 bits per heavy atom. The van der Waals surface area contributed by atoms with Crippen molar-refractivity contribution in [1.82, 2.24) is 15.3 Å². The van der Waals surface area contributed by atoms with Crippen LogP contribution in [0.1, 0.15) is 41.0 Å². The summed E-state index contributed by atoms with van der Waals surface area (Å²) >= 11 is 0.